The first kappa shape index (κ1) is 15.6. The van der Waals surface area contributed by atoms with E-state index in [0.29, 0.717) is 21.5 Å². The number of carboxylic acid groups (broad SMARTS) is 1. The zero-order valence-corrected chi connectivity index (χ0v) is 14.2. The Morgan fingerprint density at radius 2 is 1.92 bits per heavy atom. The Labute approximate surface area is 149 Å². The van der Waals surface area contributed by atoms with Gasteiger partial charge in [0.2, 0.25) is 0 Å². The van der Waals surface area contributed by atoms with Gasteiger partial charge in [-0.3, -0.25) is 0 Å². The number of allylic oxidation sites excluding steroid dienone is 2. The van der Waals surface area contributed by atoms with Crippen LogP contribution in [0.3, 0.4) is 0 Å². The van der Waals surface area contributed by atoms with Crippen LogP contribution in [0.1, 0.15) is 39.9 Å². The molecular formula is C19H15Cl2NO2. The monoisotopic (exact) mass is 359 g/mol. The summed E-state index contributed by atoms with van der Waals surface area (Å²) in [6, 6.07) is 10.9. The van der Waals surface area contributed by atoms with E-state index < -0.39 is 5.97 Å². The largest absolute Gasteiger partial charge is 0.478 e. The number of carbonyl (C=O) groups is 1. The minimum atomic E-state index is -0.915. The third kappa shape index (κ3) is 2.48. The Balaban J connectivity index is 1.76. The standard InChI is InChI=1S/C19H15Cl2NO2/c20-12-8-15-13-2-1-3-14(13)17(22-18(15)16(21)9-12)10-4-6-11(7-5-10)19(23)24/h1-2,4-9,13-14,17,22H,3H2,(H,23,24)/t13-,14+,17-/m0/s1. The first-order chi connectivity index (χ1) is 11.5. The van der Waals surface area contributed by atoms with Crippen molar-refractivity contribution in [3.05, 3.63) is 75.3 Å². The van der Waals surface area contributed by atoms with Crippen molar-refractivity contribution in [3.63, 3.8) is 0 Å². The van der Waals surface area contributed by atoms with E-state index in [2.05, 4.69) is 17.5 Å². The second kappa shape index (κ2) is 5.83. The number of rotatable bonds is 2. The lowest BCUT2D eigenvalue weighted by Crippen LogP contribution is -2.29. The summed E-state index contributed by atoms with van der Waals surface area (Å²) in [7, 11) is 0. The minimum absolute atomic E-state index is 0.0824. The molecule has 24 heavy (non-hydrogen) atoms. The fourth-order valence-corrected chi connectivity index (χ4v) is 4.35. The topological polar surface area (TPSA) is 49.3 Å². The highest BCUT2D eigenvalue weighted by Gasteiger charge is 2.38. The van der Waals surface area contributed by atoms with Gasteiger partial charge in [-0.2, -0.15) is 0 Å². The summed E-state index contributed by atoms with van der Waals surface area (Å²) in [5.41, 5.74) is 3.40. The first-order valence-electron chi connectivity index (χ1n) is 7.80. The fourth-order valence-electron chi connectivity index (χ4n) is 3.78. The van der Waals surface area contributed by atoms with Crippen molar-refractivity contribution in [1.82, 2.24) is 0 Å². The number of halogens is 2. The lowest BCUT2D eigenvalue weighted by Gasteiger charge is -2.38. The highest BCUT2D eigenvalue weighted by atomic mass is 35.5. The van der Waals surface area contributed by atoms with Crippen molar-refractivity contribution in [3.8, 4) is 0 Å². The molecule has 0 amide bonds. The van der Waals surface area contributed by atoms with E-state index in [9.17, 15) is 4.79 Å². The molecule has 0 spiro atoms. The summed E-state index contributed by atoms with van der Waals surface area (Å²) >= 11 is 12.6. The minimum Gasteiger partial charge on any atom is -0.478 e. The summed E-state index contributed by atoms with van der Waals surface area (Å²) in [4.78, 5) is 11.1. The Hall–Kier alpha value is -1.97. The number of benzene rings is 2. The molecule has 0 saturated heterocycles. The maximum absolute atomic E-state index is 11.1. The van der Waals surface area contributed by atoms with Gasteiger partial charge in [0.25, 0.3) is 0 Å². The third-order valence-electron chi connectivity index (χ3n) is 4.90. The van der Waals surface area contributed by atoms with Crippen LogP contribution < -0.4 is 5.32 Å². The molecule has 3 atom stereocenters. The van der Waals surface area contributed by atoms with E-state index in [0.717, 1.165) is 23.2 Å². The van der Waals surface area contributed by atoms with Crippen molar-refractivity contribution >= 4 is 34.9 Å². The van der Waals surface area contributed by atoms with Gasteiger partial charge in [0.1, 0.15) is 0 Å². The zero-order valence-electron chi connectivity index (χ0n) is 12.7. The van der Waals surface area contributed by atoms with Gasteiger partial charge >= 0.3 is 5.97 Å². The molecule has 5 heteroatoms. The number of carboxylic acids is 1. The molecule has 1 heterocycles. The molecule has 122 valence electrons. The van der Waals surface area contributed by atoms with Crippen LogP contribution in [0.25, 0.3) is 0 Å². The molecule has 0 fully saturated rings. The van der Waals surface area contributed by atoms with Gasteiger partial charge in [-0.05, 0) is 47.7 Å². The molecule has 3 nitrogen and oxygen atoms in total. The number of aromatic carboxylic acids is 1. The van der Waals surface area contributed by atoms with Gasteiger partial charge in [0.15, 0.2) is 0 Å². The molecule has 1 aliphatic heterocycles. The number of fused-ring (bicyclic) bond motifs is 3. The average Bonchev–Trinajstić information content (AvgIpc) is 3.04. The van der Waals surface area contributed by atoms with E-state index in [1.165, 1.54) is 0 Å². The van der Waals surface area contributed by atoms with Crippen molar-refractivity contribution in [2.75, 3.05) is 5.32 Å². The van der Waals surface area contributed by atoms with Crippen LogP contribution in [0.4, 0.5) is 5.69 Å². The lowest BCUT2D eigenvalue weighted by atomic mass is 9.77. The summed E-state index contributed by atoms with van der Waals surface area (Å²) in [6.45, 7) is 0. The van der Waals surface area contributed by atoms with Gasteiger partial charge < -0.3 is 10.4 Å². The Bertz CT molecular complexity index is 845. The second-order valence-corrected chi connectivity index (χ2v) is 7.10. The smallest absolute Gasteiger partial charge is 0.335 e. The Morgan fingerprint density at radius 1 is 1.17 bits per heavy atom. The van der Waals surface area contributed by atoms with Crippen molar-refractivity contribution in [2.24, 2.45) is 5.92 Å². The van der Waals surface area contributed by atoms with Crippen LogP contribution in [0.15, 0.2) is 48.6 Å². The molecule has 0 bridgehead atoms. The number of anilines is 1. The predicted molar refractivity (Wildman–Crippen MR) is 96.2 cm³/mol. The van der Waals surface area contributed by atoms with Crippen molar-refractivity contribution in [1.29, 1.82) is 0 Å². The molecule has 0 aromatic heterocycles. The molecular weight excluding hydrogens is 345 g/mol. The summed E-state index contributed by atoms with van der Waals surface area (Å²) < 4.78 is 0. The summed E-state index contributed by atoms with van der Waals surface area (Å²) in [5, 5.41) is 13.9. The van der Waals surface area contributed by atoms with Crippen molar-refractivity contribution in [2.45, 2.75) is 18.4 Å². The molecule has 1 aliphatic carbocycles. The van der Waals surface area contributed by atoms with Gasteiger partial charge in [-0.25, -0.2) is 4.79 Å². The predicted octanol–water partition coefficient (Wildman–Crippen LogP) is 5.52. The van der Waals surface area contributed by atoms with Gasteiger partial charge in [-0.1, -0.05) is 47.5 Å². The van der Waals surface area contributed by atoms with Crippen LogP contribution >= 0.6 is 23.2 Å². The van der Waals surface area contributed by atoms with Crippen LogP contribution in [0, 0.1) is 5.92 Å². The second-order valence-electron chi connectivity index (χ2n) is 6.25. The molecule has 2 N–H and O–H groups in total. The molecule has 0 radical (unpaired) electrons. The quantitative estimate of drug-likeness (QED) is 0.694. The van der Waals surface area contributed by atoms with E-state index in [4.69, 9.17) is 28.3 Å². The van der Waals surface area contributed by atoms with Crippen LogP contribution in [0.5, 0.6) is 0 Å². The summed E-state index contributed by atoms with van der Waals surface area (Å²) in [6.07, 6.45) is 5.38. The van der Waals surface area contributed by atoms with Gasteiger partial charge in [-0.15, -0.1) is 0 Å². The lowest BCUT2D eigenvalue weighted by molar-refractivity contribution is 0.0697. The Morgan fingerprint density at radius 3 is 2.62 bits per heavy atom. The van der Waals surface area contributed by atoms with Crippen LogP contribution in [-0.2, 0) is 0 Å². The normalized spacial score (nSPS) is 24.2. The van der Waals surface area contributed by atoms with Crippen molar-refractivity contribution < 1.29 is 9.90 Å². The maximum Gasteiger partial charge on any atom is 0.335 e. The van der Waals surface area contributed by atoms with Crippen LogP contribution in [0.2, 0.25) is 10.0 Å². The molecule has 0 saturated carbocycles. The fraction of sp³-hybridized carbons (Fsp3) is 0.211. The van der Waals surface area contributed by atoms with E-state index >= 15 is 0 Å². The number of nitrogens with one attached hydrogen (secondary N) is 1. The molecule has 0 unspecified atom stereocenters. The third-order valence-corrected chi connectivity index (χ3v) is 5.42. The molecule has 2 aromatic rings. The zero-order chi connectivity index (χ0) is 16.8. The number of hydrogen-bond donors (Lipinski definition) is 2. The SMILES string of the molecule is O=C(O)c1ccc([C@@H]2Nc3c(Cl)cc(Cl)cc3[C@H]3C=CC[C@H]32)cc1. The van der Waals surface area contributed by atoms with Crippen LogP contribution in [-0.4, -0.2) is 11.1 Å². The maximum atomic E-state index is 11.1. The molecule has 2 aliphatic rings. The van der Waals surface area contributed by atoms with E-state index in [-0.39, 0.29) is 12.0 Å². The van der Waals surface area contributed by atoms with Gasteiger partial charge in [0.05, 0.1) is 22.3 Å². The first-order valence-corrected chi connectivity index (χ1v) is 8.55. The number of hydrogen-bond acceptors (Lipinski definition) is 2. The highest BCUT2D eigenvalue weighted by Crippen LogP contribution is 2.52. The van der Waals surface area contributed by atoms with E-state index in [1.807, 2.05) is 18.2 Å². The Kier molecular flexibility index (Phi) is 3.78. The van der Waals surface area contributed by atoms with E-state index in [1.54, 1.807) is 18.2 Å². The molecule has 2 aromatic carbocycles. The average molecular weight is 360 g/mol. The highest BCUT2D eigenvalue weighted by molar-refractivity contribution is 6.36. The molecule has 4 rings (SSSR count). The summed E-state index contributed by atoms with van der Waals surface area (Å²) in [5.74, 6) is -0.286. The van der Waals surface area contributed by atoms with Gasteiger partial charge in [0, 0.05) is 10.9 Å².